The van der Waals surface area contributed by atoms with Gasteiger partial charge in [-0.15, -0.1) is 0 Å². The number of Topliss-reactive ketones (excluding diaryl/α,β-unsaturated/α-hetero) is 1. The smallest absolute Gasteiger partial charge is 0.253 e. The summed E-state index contributed by atoms with van der Waals surface area (Å²) in [6.07, 6.45) is 1.31. The Hall–Kier alpha value is -3.80. The molecule has 33 heavy (non-hydrogen) atoms. The van der Waals surface area contributed by atoms with Gasteiger partial charge in [-0.1, -0.05) is 30.3 Å². The minimum absolute atomic E-state index is 0.0469. The van der Waals surface area contributed by atoms with Crippen molar-refractivity contribution in [1.82, 2.24) is 4.90 Å². The van der Waals surface area contributed by atoms with Gasteiger partial charge in [0.1, 0.15) is 6.61 Å². The Labute approximate surface area is 193 Å². The van der Waals surface area contributed by atoms with Gasteiger partial charge in [-0.3, -0.25) is 9.59 Å². The van der Waals surface area contributed by atoms with Gasteiger partial charge in [0.2, 0.25) is 5.75 Å². The lowest BCUT2D eigenvalue weighted by Crippen LogP contribution is -2.21. The van der Waals surface area contributed by atoms with Crippen molar-refractivity contribution in [3.8, 4) is 28.4 Å². The van der Waals surface area contributed by atoms with Crippen molar-refractivity contribution in [3.63, 3.8) is 0 Å². The van der Waals surface area contributed by atoms with Gasteiger partial charge in [0, 0.05) is 37.2 Å². The fourth-order valence-corrected chi connectivity index (χ4v) is 4.05. The Balaban J connectivity index is 1.67. The summed E-state index contributed by atoms with van der Waals surface area (Å²) in [5.74, 6) is 1.78. The lowest BCUT2D eigenvalue weighted by atomic mass is 9.99. The maximum atomic E-state index is 12.1. The Kier molecular flexibility index (Phi) is 6.36. The zero-order valence-corrected chi connectivity index (χ0v) is 19.3. The molecule has 0 fully saturated rings. The Bertz CT molecular complexity index is 1200. The number of ketones is 1. The van der Waals surface area contributed by atoms with Gasteiger partial charge >= 0.3 is 0 Å². The summed E-state index contributed by atoms with van der Waals surface area (Å²) in [6, 6.07) is 17.0. The SMILES string of the molecule is COc1ccc(-c2ccc3c(c2)CCC3=O)c(OCc2ccc(C(=O)N(C)C)cc2)c1OC. The number of carbonyl (C=O) groups is 2. The number of fused-ring (bicyclic) bond motifs is 1. The van der Waals surface area contributed by atoms with Crippen LogP contribution in [0.1, 0.15) is 38.3 Å². The third-order valence-electron chi connectivity index (χ3n) is 5.83. The van der Waals surface area contributed by atoms with Gasteiger partial charge < -0.3 is 19.1 Å². The Morgan fingerprint density at radius 3 is 2.27 bits per heavy atom. The fourth-order valence-electron chi connectivity index (χ4n) is 4.05. The van der Waals surface area contributed by atoms with Gasteiger partial charge in [-0.2, -0.15) is 0 Å². The monoisotopic (exact) mass is 445 g/mol. The van der Waals surface area contributed by atoms with Crippen LogP contribution >= 0.6 is 0 Å². The highest BCUT2D eigenvalue weighted by molar-refractivity contribution is 6.01. The van der Waals surface area contributed by atoms with Crippen LogP contribution in [-0.2, 0) is 13.0 Å². The average Bonchev–Trinajstić information content (AvgIpc) is 3.21. The van der Waals surface area contributed by atoms with Gasteiger partial charge in [-0.05, 0) is 47.4 Å². The van der Waals surface area contributed by atoms with Crippen LogP contribution in [0.2, 0.25) is 0 Å². The Morgan fingerprint density at radius 2 is 1.61 bits per heavy atom. The molecule has 6 nitrogen and oxygen atoms in total. The first-order chi connectivity index (χ1) is 15.9. The van der Waals surface area contributed by atoms with E-state index in [0.29, 0.717) is 29.2 Å². The van der Waals surface area contributed by atoms with E-state index in [4.69, 9.17) is 14.2 Å². The molecular weight excluding hydrogens is 418 g/mol. The van der Waals surface area contributed by atoms with Crippen molar-refractivity contribution in [2.24, 2.45) is 0 Å². The number of carbonyl (C=O) groups excluding carboxylic acids is 2. The highest BCUT2D eigenvalue weighted by Crippen LogP contribution is 2.45. The van der Waals surface area contributed by atoms with Crippen LogP contribution in [0.15, 0.2) is 54.6 Å². The van der Waals surface area contributed by atoms with Gasteiger partial charge in [0.05, 0.1) is 14.2 Å². The van der Waals surface area contributed by atoms with Crippen LogP contribution in [0.3, 0.4) is 0 Å². The number of benzene rings is 3. The molecule has 1 amide bonds. The lowest BCUT2D eigenvalue weighted by molar-refractivity contribution is 0.0827. The molecule has 0 N–H and O–H groups in total. The second-order valence-corrected chi connectivity index (χ2v) is 8.16. The molecule has 4 rings (SSSR count). The molecule has 0 aromatic heterocycles. The van der Waals surface area contributed by atoms with E-state index < -0.39 is 0 Å². The van der Waals surface area contributed by atoms with Gasteiger partial charge in [0.25, 0.3) is 5.91 Å². The van der Waals surface area contributed by atoms with E-state index >= 15 is 0 Å². The summed E-state index contributed by atoms with van der Waals surface area (Å²) in [7, 11) is 6.62. The van der Waals surface area contributed by atoms with E-state index in [1.807, 2.05) is 36.4 Å². The molecule has 6 heteroatoms. The number of rotatable bonds is 7. The molecule has 0 heterocycles. The van der Waals surface area contributed by atoms with Crippen LogP contribution in [0.5, 0.6) is 17.2 Å². The van der Waals surface area contributed by atoms with Crippen LogP contribution < -0.4 is 14.2 Å². The molecule has 0 radical (unpaired) electrons. The fraction of sp³-hybridized carbons (Fsp3) is 0.259. The predicted octanol–water partition coefficient (Wildman–Crippen LogP) is 4.78. The molecule has 1 aliphatic rings. The van der Waals surface area contributed by atoms with Crippen molar-refractivity contribution in [2.75, 3.05) is 28.3 Å². The predicted molar refractivity (Wildman–Crippen MR) is 126 cm³/mol. The van der Waals surface area contributed by atoms with Crippen LogP contribution in [0, 0.1) is 0 Å². The zero-order valence-electron chi connectivity index (χ0n) is 19.3. The van der Waals surface area contributed by atoms with Crippen molar-refractivity contribution < 1.29 is 23.8 Å². The summed E-state index contributed by atoms with van der Waals surface area (Å²) in [5, 5.41) is 0. The summed E-state index contributed by atoms with van der Waals surface area (Å²) >= 11 is 0. The highest BCUT2D eigenvalue weighted by atomic mass is 16.5. The molecule has 0 bridgehead atoms. The quantitative estimate of drug-likeness (QED) is 0.524. The molecule has 3 aromatic carbocycles. The molecule has 0 saturated carbocycles. The molecule has 0 spiro atoms. The molecule has 3 aromatic rings. The van der Waals surface area contributed by atoms with Crippen molar-refractivity contribution in [2.45, 2.75) is 19.4 Å². The van der Waals surface area contributed by atoms with E-state index in [9.17, 15) is 9.59 Å². The van der Waals surface area contributed by atoms with Crippen molar-refractivity contribution in [1.29, 1.82) is 0 Å². The summed E-state index contributed by atoms with van der Waals surface area (Å²) in [4.78, 5) is 25.7. The zero-order chi connectivity index (χ0) is 23.5. The number of methoxy groups -OCH3 is 2. The highest BCUT2D eigenvalue weighted by Gasteiger charge is 2.22. The van der Waals surface area contributed by atoms with Crippen LogP contribution in [0.4, 0.5) is 0 Å². The minimum atomic E-state index is -0.0469. The second kappa shape index (κ2) is 9.36. The summed E-state index contributed by atoms with van der Waals surface area (Å²) in [6.45, 7) is 0.288. The summed E-state index contributed by atoms with van der Waals surface area (Å²) < 4.78 is 17.4. The number of hydrogen-bond donors (Lipinski definition) is 0. The first kappa shape index (κ1) is 22.4. The standard InChI is InChI=1S/C27H27NO5/c1-28(2)27(30)18-7-5-17(6-8-18)16-33-25-22(12-14-24(31-3)26(25)32-4)20-9-11-21-19(15-20)10-13-23(21)29/h5-9,11-12,14-15H,10,13,16H2,1-4H3. The average molecular weight is 446 g/mol. The first-order valence-corrected chi connectivity index (χ1v) is 10.8. The Morgan fingerprint density at radius 1 is 0.879 bits per heavy atom. The van der Waals surface area contributed by atoms with Gasteiger partial charge in [-0.25, -0.2) is 0 Å². The molecule has 0 aliphatic heterocycles. The van der Waals surface area contributed by atoms with E-state index in [-0.39, 0.29) is 18.3 Å². The molecule has 0 atom stereocenters. The first-order valence-electron chi connectivity index (χ1n) is 10.8. The van der Waals surface area contributed by atoms with E-state index in [0.717, 1.165) is 34.2 Å². The number of nitrogens with zero attached hydrogens (tertiary/aromatic N) is 1. The van der Waals surface area contributed by atoms with E-state index in [2.05, 4.69) is 6.07 Å². The molecular formula is C27H27NO5. The molecule has 0 unspecified atom stereocenters. The minimum Gasteiger partial charge on any atom is -0.493 e. The van der Waals surface area contributed by atoms with Crippen LogP contribution in [0.25, 0.3) is 11.1 Å². The number of ether oxygens (including phenoxy) is 3. The molecule has 0 saturated heterocycles. The largest absolute Gasteiger partial charge is 0.493 e. The lowest BCUT2D eigenvalue weighted by Gasteiger charge is -2.18. The number of aryl methyl sites for hydroxylation is 1. The van der Waals surface area contributed by atoms with Crippen molar-refractivity contribution in [3.05, 3.63) is 76.9 Å². The normalized spacial score (nSPS) is 12.3. The maximum Gasteiger partial charge on any atom is 0.253 e. The molecule has 170 valence electrons. The number of hydrogen-bond acceptors (Lipinski definition) is 5. The van der Waals surface area contributed by atoms with Crippen molar-refractivity contribution >= 4 is 11.7 Å². The van der Waals surface area contributed by atoms with E-state index in [1.54, 1.807) is 45.3 Å². The van der Waals surface area contributed by atoms with E-state index in [1.165, 1.54) is 0 Å². The number of amides is 1. The third-order valence-corrected chi connectivity index (χ3v) is 5.83. The summed E-state index contributed by atoms with van der Waals surface area (Å²) in [5.41, 5.74) is 5.20. The molecule has 1 aliphatic carbocycles. The second-order valence-electron chi connectivity index (χ2n) is 8.16. The maximum absolute atomic E-state index is 12.1. The van der Waals surface area contributed by atoms with Crippen LogP contribution in [-0.4, -0.2) is 44.9 Å². The van der Waals surface area contributed by atoms with Gasteiger partial charge in [0.15, 0.2) is 17.3 Å². The topological polar surface area (TPSA) is 65.1 Å². The third kappa shape index (κ3) is 4.42.